The number of rotatable bonds is 7. The summed E-state index contributed by atoms with van der Waals surface area (Å²) in [6, 6.07) is 0. The number of ketones is 1. The summed E-state index contributed by atoms with van der Waals surface area (Å²) in [6.45, 7) is 7.82. The summed E-state index contributed by atoms with van der Waals surface area (Å²) in [5.41, 5.74) is 1.54. The Labute approximate surface area is 130 Å². The fourth-order valence-electron chi connectivity index (χ4n) is 2.24. The highest BCUT2D eigenvalue weighted by Crippen LogP contribution is 2.20. The van der Waals surface area contributed by atoms with Crippen molar-refractivity contribution in [3.05, 3.63) is 22.5 Å². The lowest BCUT2D eigenvalue weighted by Gasteiger charge is -2.07. The molecule has 1 aromatic rings. The molecule has 0 unspecified atom stereocenters. The molecule has 0 atom stereocenters. The minimum absolute atomic E-state index is 0.0106. The van der Waals surface area contributed by atoms with E-state index in [-0.39, 0.29) is 23.7 Å². The molecule has 1 heterocycles. The molecule has 6 nitrogen and oxygen atoms in total. The van der Waals surface area contributed by atoms with Gasteiger partial charge in [0.15, 0.2) is 5.78 Å². The van der Waals surface area contributed by atoms with Crippen molar-refractivity contribution in [2.45, 2.75) is 40.5 Å². The lowest BCUT2D eigenvalue weighted by Crippen LogP contribution is -2.27. The van der Waals surface area contributed by atoms with Crippen molar-refractivity contribution in [2.75, 3.05) is 13.7 Å². The van der Waals surface area contributed by atoms with Crippen LogP contribution in [0.15, 0.2) is 0 Å². The number of nitrogens with one attached hydrogen (secondary N) is 2. The highest BCUT2D eigenvalue weighted by Gasteiger charge is 2.24. The van der Waals surface area contributed by atoms with E-state index in [1.165, 1.54) is 14.0 Å². The minimum atomic E-state index is -0.550. The predicted octanol–water partition coefficient (Wildman–Crippen LogP) is 2.02. The molecule has 0 aliphatic rings. The van der Waals surface area contributed by atoms with Gasteiger partial charge >= 0.3 is 5.97 Å². The highest BCUT2D eigenvalue weighted by molar-refractivity contribution is 6.01. The van der Waals surface area contributed by atoms with E-state index in [0.29, 0.717) is 29.4 Å². The van der Waals surface area contributed by atoms with Crippen LogP contribution in [0.2, 0.25) is 0 Å². The van der Waals surface area contributed by atoms with Crippen molar-refractivity contribution in [1.29, 1.82) is 0 Å². The molecule has 1 amide bonds. The molecular weight excluding hydrogens is 284 g/mol. The van der Waals surface area contributed by atoms with Gasteiger partial charge in [0.25, 0.3) is 0 Å². The van der Waals surface area contributed by atoms with Gasteiger partial charge < -0.3 is 15.0 Å². The summed E-state index contributed by atoms with van der Waals surface area (Å²) in [7, 11) is 1.27. The van der Waals surface area contributed by atoms with Gasteiger partial charge in [0.1, 0.15) is 0 Å². The fraction of sp³-hybridized carbons (Fsp3) is 0.562. The SMILES string of the molecule is COC(=O)c1c(CC(=O)NCCC(C)C)[nH]c(C(C)=O)c1C. The lowest BCUT2D eigenvalue weighted by molar-refractivity contribution is -0.120. The summed E-state index contributed by atoms with van der Waals surface area (Å²) in [5.74, 6) is -0.425. The molecule has 2 N–H and O–H groups in total. The minimum Gasteiger partial charge on any atom is -0.465 e. The van der Waals surface area contributed by atoms with Crippen LogP contribution in [0, 0.1) is 12.8 Å². The van der Waals surface area contributed by atoms with Gasteiger partial charge in [0.05, 0.1) is 24.8 Å². The Morgan fingerprint density at radius 1 is 1.27 bits per heavy atom. The van der Waals surface area contributed by atoms with E-state index in [4.69, 9.17) is 4.74 Å². The zero-order valence-corrected chi connectivity index (χ0v) is 13.8. The molecule has 0 aliphatic heterocycles. The third-order valence-electron chi connectivity index (χ3n) is 3.45. The highest BCUT2D eigenvalue weighted by atomic mass is 16.5. The number of hydrogen-bond acceptors (Lipinski definition) is 4. The predicted molar refractivity (Wildman–Crippen MR) is 83.0 cm³/mol. The number of carbonyl (C=O) groups excluding carboxylic acids is 3. The van der Waals surface area contributed by atoms with Crippen molar-refractivity contribution >= 4 is 17.7 Å². The number of methoxy groups -OCH3 is 1. The monoisotopic (exact) mass is 308 g/mol. The number of amides is 1. The first kappa shape index (κ1) is 17.9. The lowest BCUT2D eigenvalue weighted by atomic mass is 10.1. The quantitative estimate of drug-likeness (QED) is 0.596. The van der Waals surface area contributed by atoms with E-state index in [0.717, 1.165) is 6.42 Å². The number of carbonyl (C=O) groups is 3. The van der Waals surface area contributed by atoms with Gasteiger partial charge in [-0.3, -0.25) is 9.59 Å². The van der Waals surface area contributed by atoms with Crippen molar-refractivity contribution < 1.29 is 19.1 Å². The number of ether oxygens (including phenoxy) is 1. The first-order valence-corrected chi connectivity index (χ1v) is 7.35. The summed E-state index contributed by atoms with van der Waals surface area (Å²) in [6.07, 6.45) is 0.898. The van der Waals surface area contributed by atoms with Gasteiger partial charge in [-0.05, 0) is 24.8 Å². The molecule has 0 fully saturated rings. The average molecular weight is 308 g/mol. The molecule has 0 saturated carbocycles. The summed E-state index contributed by atoms with van der Waals surface area (Å²) in [5, 5.41) is 2.81. The van der Waals surface area contributed by atoms with Crippen LogP contribution in [0.5, 0.6) is 0 Å². The zero-order chi connectivity index (χ0) is 16.9. The summed E-state index contributed by atoms with van der Waals surface area (Å²) < 4.78 is 4.74. The van der Waals surface area contributed by atoms with Gasteiger partial charge in [-0.15, -0.1) is 0 Å². The van der Waals surface area contributed by atoms with Crippen LogP contribution in [-0.4, -0.2) is 36.3 Å². The van der Waals surface area contributed by atoms with Crippen molar-refractivity contribution in [3.63, 3.8) is 0 Å². The third-order valence-corrected chi connectivity index (χ3v) is 3.45. The first-order valence-electron chi connectivity index (χ1n) is 7.35. The van der Waals surface area contributed by atoms with Crippen LogP contribution in [-0.2, 0) is 16.0 Å². The van der Waals surface area contributed by atoms with Crippen LogP contribution in [0.4, 0.5) is 0 Å². The molecule has 1 aromatic heterocycles. The second kappa shape index (κ2) is 7.77. The normalized spacial score (nSPS) is 10.6. The maximum Gasteiger partial charge on any atom is 0.339 e. The molecule has 6 heteroatoms. The van der Waals surface area contributed by atoms with Gasteiger partial charge in [-0.25, -0.2) is 4.79 Å². The Balaban J connectivity index is 2.93. The van der Waals surface area contributed by atoms with Gasteiger partial charge in [-0.1, -0.05) is 13.8 Å². The van der Waals surface area contributed by atoms with E-state index in [1.807, 2.05) is 0 Å². The van der Waals surface area contributed by atoms with Gasteiger partial charge in [0, 0.05) is 19.2 Å². The second-order valence-corrected chi connectivity index (χ2v) is 5.74. The first-order chi connectivity index (χ1) is 10.3. The standard InChI is InChI=1S/C16H24N2O4/c1-9(2)6-7-17-13(20)8-12-14(16(21)22-5)10(3)15(18-12)11(4)19/h9,18H,6-8H2,1-5H3,(H,17,20). The van der Waals surface area contributed by atoms with Crippen LogP contribution in [0.25, 0.3) is 0 Å². The Hall–Kier alpha value is -2.11. The molecule has 0 radical (unpaired) electrons. The maximum atomic E-state index is 12.0. The number of aromatic amines is 1. The molecule has 22 heavy (non-hydrogen) atoms. The van der Waals surface area contributed by atoms with Crippen LogP contribution >= 0.6 is 0 Å². The molecule has 0 aliphatic carbocycles. The average Bonchev–Trinajstić information content (AvgIpc) is 2.74. The van der Waals surface area contributed by atoms with E-state index in [1.54, 1.807) is 6.92 Å². The number of aromatic nitrogens is 1. The Bertz CT molecular complexity index is 573. The van der Waals surface area contributed by atoms with Crippen molar-refractivity contribution in [1.82, 2.24) is 10.3 Å². The number of H-pyrrole nitrogens is 1. The summed E-state index contributed by atoms with van der Waals surface area (Å²) >= 11 is 0. The van der Waals surface area contributed by atoms with Crippen LogP contribution < -0.4 is 5.32 Å². The van der Waals surface area contributed by atoms with Gasteiger partial charge in [-0.2, -0.15) is 0 Å². The maximum absolute atomic E-state index is 12.0. The number of hydrogen-bond donors (Lipinski definition) is 2. The molecule has 0 bridgehead atoms. The summed E-state index contributed by atoms with van der Waals surface area (Å²) in [4.78, 5) is 38.3. The molecule has 0 spiro atoms. The van der Waals surface area contributed by atoms with Crippen LogP contribution in [0.3, 0.4) is 0 Å². The molecule has 0 saturated heterocycles. The van der Waals surface area contributed by atoms with Crippen molar-refractivity contribution in [3.8, 4) is 0 Å². The molecule has 0 aromatic carbocycles. The topological polar surface area (TPSA) is 88.3 Å². The van der Waals surface area contributed by atoms with Crippen molar-refractivity contribution in [2.24, 2.45) is 5.92 Å². The molecule has 1 rings (SSSR count). The molecule has 122 valence electrons. The third kappa shape index (κ3) is 4.44. The second-order valence-electron chi connectivity index (χ2n) is 5.74. The van der Waals surface area contributed by atoms with E-state index in [9.17, 15) is 14.4 Å². The van der Waals surface area contributed by atoms with Gasteiger partial charge in [0.2, 0.25) is 5.91 Å². The van der Waals surface area contributed by atoms with E-state index >= 15 is 0 Å². The van der Waals surface area contributed by atoms with E-state index in [2.05, 4.69) is 24.1 Å². The number of esters is 1. The molecular formula is C16H24N2O4. The smallest absolute Gasteiger partial charge is 0.339 e. The fourth-order valence-corrected chi connectivity index (χ4v) is 2.24. The van der Waals surface area contributed by atoms with Crippen LogP contribution in [0.1, 0.15) is 59.3 Å². The largest absolute Gasteiger partial charge is 0.465 e. The number of Topliss-reactive ketones (excluding diaryl/α,β-unsaturated/α-hetero) is 1. The zero-order valence-electron chi connectivity index (χ0n) is 13.8. The Morgan fingerprint density at radius 3 is 2.41 bits per heavy atom. The Kier molecular flexibility index (Phi) is 6.34. The Morgan fingerprint density at radius 2 is 1.91 bits per heavy atom. The van der Waals surface area contributed by atoms with E-state index < -0.39 is 5.97 Å².